The molecule has 0 aliphatic carbocycles. The molecule has 1 unspecified atom stereocenters. The average molecular weight is 204 g/mol. The molecular formula is C9H17FN2S. The van der Waals surface area contributed by atoms with Crippen LogP contribution in [0.15, 0.2) is 4.99 Å². The molecular weight excluding hydrogens is 187 g/mol. The SMILES string of the molecule is CC(C)C1(C)CSC(=NCCF)N1. The zero-order valence-electron chi connectivity index (χ0n) is 8.43. The van der Waals surface area contributed by atoms with Crippen LogP contribution in [0.5, 0.6) is 0 Å². The maximum absolute atomic E-state index is 11.9. The van der Waals surface area contributed by atoms with Crippen molar-refractivity contribution in [3.63, 3.8) is 0 Å². The number of thioether (sulfide) groups is 1. The van der Waals surface area contributed by atoms with Gasteiger partial charge < -0.3 is 5.32 Å². The van der Waals surface area contributed by atoms with Gasteiger partial charge in [0.1, 0.15) is 6.67 Å². The lowest BCUT2D eigenvalue weighted by Gasteiger charge is -2.28. The summed E-state index contributed by atoms with van der Waals surface area (Å²) in [6.45, 7) is 6.47. The van der Waals surface area contributed by atoms with Crippen molar-refractivity contribution in [2.45, 2.75) is 26.3 Å². The van der Waals surface area contributed by atoms with Gasteiger partial charge in [-0.2, -0.15) is 0 Å². The molecule has 1 saturated heterocycles. The molecule has 0 aromatic carbocycles. The van der Waals surface area contributed by atoms with Crippen molar-refractivity contribution in [3.05, 3.63) is 0 Å². The van der Waals surface area contributed by atoms with Gasteiger partial charge in [-0.1, -0.05) is 25.6 Å². The smallest absolute Gasteiger partial charge is 0.157 e. The molecule has 0 saturated carbocycles. The lowest BCUT2D eigenvalue weighted by molar-refractivity contribution is 0.349. The minimum atomic E-state index is -0.371. The molecule has 0 aromatic heterocycles. The summed E-state index contributed by atoms with van der Waals surface area (Å²) < 4.78 is 11.9. The molecule has 0 amide bonds. The van der Waals surface area contributed by atoms with E-state index in [-0.39, 0.29) is 18.8 Å². The van der Waals surface area contributed by atoms with Crippen molar-refractivity contribution >= 4 is 16.9 Å². The fraction of sp³-hybridized carbons (Fsp3) is 0.889. The van der Waals surface area contributed by atoms with Gasteiger partial charge in [0.2, 0.25) is 0 Å². The second-order valence-corrected chi connectivity index (χ2v) is 4.83. The Bertz CT molecular complexity index is 206. The molecule has 1 aliphatic heterocycles. The highest BCUT2D eigenvalue weighted by atomic mass is 32.2. The molecule has 0 bridgehead atoms. The number of rotatable bonds is 3. The topological polar surface area (TPSA) is 24.4 Å². The van der Waals surface area contributed by atoms with E-state index in [2.05, 4.69) is 31.1 Å². The lowest BCUT2D eigenvalue weighted by Crippen LogP contribution is -2.45. The van der Waals surface area contributed by atoms with Crippen LogP contribution in [-0.4, -0.2) is 29.7 Å². The molecule has 1 rings (SSSR count). The van der Waals surface area contributed by atoms with E-state index in [1.165, 1.54) is 0 Å². The van der Waals surface area contributed by atoms with Gasteiger partial charge in [-0.15, -0.1) is 0 Å². The number of nitrogens with zero attached hydrogens (tertiary/aromatic N) is 1. The first-order chi connectivity index (χ1) is 6.08. The number of alkyl halides is 1. The Morgan fingerprint density at radius 2 is 2.38 bits per heavy atom. The van der Waals surface area contributed by atoms with E-state index in [0.29, 0.717) is 5.92 Å². The monoisotopic (exact) mass is 204 g/mol. The second-order valence-electron chi connectivity index (χ2n) is 3.86. The van der Waals surface area contributed by atoms with Crippen LogP contribution in [0.2, 0.25) is 0 Å². The molecule has 2 nitrogen and oxygen atoms in total. The normalized spacial score (nSPS) is 31.3. The Morgan fingerprint density at radius 3 is 2.85 bits per heavy atom. The molecule has 0 spiro atoms. The van der Waals surface area contributed by atoms with Gasteiger partial charge in [-0.25, -0.2) is 4.39 Å². The molecule has 4 heteroatoms. The quantitative estimate of drug-likeness (QED) is 0.761. The van der Waals surface area contributed by atoms with Crippen LogP contribution in [0.4, 0.5) is 4.39 Å². The largest absolute Gasteiger partial charge is 0.359 e. The first kappa shape index (κ1) is 10.8. The van der Waals surface area contributed by atoms with Crippen molar-refractivity contribution in [2.75, 3.05) is 19.0 Å². The molecule has 0 radical (unpaired) electrons. The van der Waals surface area contributed by atoms with E-state index >= 15 is 0 Å². The molecule has 13 heavy (non-hydrogen) atoms. The number of amidine groups is 1. The van der Waals surface area contributed by atoms with Crippen LogP contribution < -0.4 is 5.32 Å². The van der Waals surface area contributed by atoms with Crippen molar-refractivity contribution in [3.8, 4) is 0 Å². The number of hydrogen-bond donors (Lipinski definition) is 1. The summed E-state index contributed by atoms with van der Waals surface area (Å²) >= 11 is 1.69. The molecule has 1 heterocycles. The summed E-state index contributed by atoms with van der Waals surface area (Å²) in [4.78, 5) is 4.11. The summed E-state index contributed by atoms with van der Waals surface area (Å²) in [5.74, 6) is 1.59. The van der Waals surface area contributed by atoms with E-state index in [1.54, 1.807) is 11.8 Å². The molecule has 1 atom stereocenters. The van der Waals surface area contributed by atoms with Crippen LogP contribution >= 0.6 is 11.8 Å². The van der Waals surface area contributed by atoms with Crippen molar-refractivity contribution in [1.82, 2.24) is 5.32 Å². The predicted molar refractivity (Wildman–Crippen MR) is 57.1 cm³/mol. The Morgan fingerprint density at radius 1 is 1.69 bits per heavy atom. The van der Waals surface area contributed by atoms with Gasteiger partial charge >= 0.3 is 0 Å². The maximum Gasteiger partial charge on any atom is 0.157 e. The van der Waals surface area contributed by atoms with Gasteiger partial charge in [-0.3, -0.25) is 4.99 Å². The van der Waals surface area contributed by atoms with Gasteiger partial charge in [-0.05, 0) is 12.8 Å². The van der Waals surface area contributed by atoms with Gasteiger partial charge in [0, 0.05) is 11.3 Å². The van der Waals surface area contributed by atoms with Gasteiger partial charge in [0.15, 0.2) is 5.17 Å². The second kappa shape index (κ2) is 4.31. The van der Waals surface area contributed by atoms with Crippen molar-refractivity contribution in [2.24, 2.45) is 10.9 Å². The highest BCUT2D eigenvalue weighted by Crippen LogP contribution is 2.29. The maximum atomic E-state index is 11.9. The van der Waals surface area contributed by atoms with E-state index in [9.17, 15) is 4.39 Å². The summed E-state index contributed by atoms with van der Waals surface area (Å²) in [6, 6.07) is 0. The molecule has 1 fully saturated rings. The number of hydrogen-bond acceptors (Lipinski definition) is 2. The number of aliphatic imine (C=N–C) groups is 1. The Kier molecular flexibility index (Phi) is 3.59. The third kappa shape index (κ3) is 2.59. The molecule has 1 aliphatic rings. The highest BCUT2D eigenvalue weighted by Gasteiger charge is 2.35. The van der Waals surface area contributed by atoms with Gasteiger partial charge in [0.05, 0.1) is 6.54 Å². The van der Waals surface area contributed by atoms with Crippen molar-refractivity contribution in [1.29, 1.82) is 0 Å². The van der Waals surface area contributed by atoms with Gasteiger partial charge in [0.25, 0.3) is 0 Å². The van der Waals surface area contributed by atoms with E-state index < -0.39 is 0 Å². The number of halogens is 1. The standard InChI is InChI=1S/C9H17FN2S/c1-7(2)9(3)6-13-8(12-9)11-5-4-10/h7H,4-6H2,1-3H3,(H,11,12). The van der Waals surface area contributed by atoms with Crippen LogP contribution in [0, 0.1) is 5.92 Å². The highest BCUT2D eigenvalue weighted by molar-refractivity contribution is 8.14. The first-order valence-electron chi connectivity index (χ1n) is 4.60. The van der Waals surface area contributed by atoms with E-state index in [0.717, 1.165) is 10.9 Å². The zero-order chi connectivity index (χ0) is 9.90. The van der Waals surface area contributed by atoms with E-state index in [4.69, 9.17) is 0 Å². The Labute approximate surface area is 83.4 Å². The summed E-state index contributed by atoms with van der Waals surface area (Å²) in [6.07, 6.45) is 0. The molecule has 1 N–H and O–H groups in total. The fourth-order valence-corrected chi connectivity index (χ4v) is 2.40. The fourth-order valence-electron chi connectivity index (χ4n) is 1.07. The van der Waals surface area contributed by atoms with Crippen LogP contribution in [-0.2, 0) is 0 Å². The zero-order valence-corrected chi connectivity index (χ0v) is 9.25. The van der Waals surface area contributed by atoms with Crippen LogP contribution in [0.3, 0.4) is 0 Å². The molecule has 76 valence electrons. The average Bonchev–Trinajstić information content (AvgIpc) is 2.45. The van der Waals surface area contributed by atoms with Crippen LogP contribution in [0.1, 0.15) is 20.8 Å². The predicted octanol–water partition coefficient (Wildman–Crippen LogP) is 2.06. The minimum Gasteiger partial charge on any atom is -0.359 e. The Balaban J connectivity index is 2.53. The minimum absolute atomic E-state index is 0.125. The third-order valence-corrected chi connectivity index (χ3v) is 3.76. The van der Waals surface area contributed by atoms with E-state index in [1.807, 2.05) is 0 Å². The van der Waals surface area contributed by atoms with Crippen LogP contribution in [0.25, 0.3) is 0 Å². The molecule has 0 aromatic rings. The third-order valence-electron chi connectivity index (χ3n) is 2.52. The summed E-state index contributed by atoms with van der Waals surface area (Å²) in [5.41, 5.74) is 0.125. The van der Waals surface area contributed by atoms with Crippen molar-refractivity contribution < 1.29 is 4.39 Å². The lowest BCUT2D eigenvalue weighted by atomic mass is 9.91. The summed E-state index contributed by atoms with van der Waals surface area (Å²) in [7, 11) is 0. The first-order valence-corrected chi connectivity index (χ1v) is 5.58. The Hall–Kier alpha value is -0.250. The summed E-state index contributed by atoms with van der Waals surface area (Å²) in [5, 5.41) is 4.24. The number of nitrogens with one attached hydrogen (secondary N) is 1.